The molecule has 1 aromatic rings. The minimum atomic E-state index is -0.685. The molecule has 5 nitrogen and oxygen atoms in total. The molecule has 0 aliphatic rings. The van der Waals surface area contributed by atoms with Gasteiger partial charge in [-0.3, -0.25) is 10.1 Å². The SMILES string of the molecule is CC(O)C(C)(C)Nc1cccc(Cl)c1[N+](=O)[O-]. The molecule has 0 aliphatic heterocycles. The van der Waals surface area contributed by atoms with Gasteiger partial charge in [-0.05, 0) is 32.9 Å². The highest BCUT2D eigenvalue weighted by Gasteiger charge is 2.28. The number of nitro benzene ring substituents is 1. The van der Waals surface area contributed by atoms with Crippen molar-refractivity contribution in [2.75, 3.05) is 5.32 Å². The number of hydrogen-bond acceptors (Lipinski definition) is 4. The van der Waals surface area contributed by atoms with Crippen molar-refractivity contribution >= 4 is 23.0 Å². The molecule has 0 amide bonds. The first-order valence-electron chi connectivity index (χ1n) is 5.15. The number of nitro groups is 1. The highest BCUT2D eigenvalue weighted by molar-refractivity contribution is 6.33. The molecular weight excluding hydrogens is 244 g/mol. The van der Waals surface area contributed by atoms with Crippen molar-refractivity contribution < 1.29 is 10.0 Å². The van der Waals surface area contributed by atoms with E-state index in [9.17, 15) is 15.2 Å². The molecule has 0 bridgehead atoms. The first-order valence-corrected chi connectivity index (χ1v) is 5.52. The second-order valence-electron chi connectivity index (χ2n) is 4.42. The third kappa shape index (κ3) is 3.08. The van der Waals surface area contributed by atoms with E-state index in [1.165, 1.54) is 6.07 Å². The van der Waals surface area contributed by atoms with Crippen LogP contribution in [0.4, 0.5) is 11.4 Å². The Morgan fingerprint density at radius 1 is 1.53 bits per heavy atom. The summed E-state index contributed by atoms with van der Waals surface area (Å²) < 4.78 is 0. The molecular formula is C11H15ClN2O3. The Morgan fingerprint density at radius 3 is 2.59 bits per heavy atom. The Morgan fingerprint density at radius 2 is 2.12 bits per heavy atom. The zero-order valence-electron chi connectivity index (χ0n) is 9.90. The van der Waals surface area contributed by atoms with Crippen LogP contribution >= 0.6 is 11.6 Å². The maximum atomic E-state index is 10.9. The third-order valence-electron chi connectivity index (χ3n) is 2.67. The quantitative estimate of drug-likeness (QED) is 0.643. The second-order valence-corrected chi connectivity index (χ2v) is 4.82. The normalized spacial score (nSPS) is 13.2. The predicted octanol–water partition coefficient (Wildman–Crippen LogP) is 2.82. The van der Waals surface area contributed by atoms with E-state index in [1.807, 2.05) is 0 Å². The molecule has 17 heavy (non-hydrogen) atoms. The van der Waals surface area contributed by atoms with Gasteiger partial charge in [-0.2, -0.15) is 0 Å². The number of rotatable bonds is 4. The Kier molecular flexibility index (Phi) is 3.95. The van der Waals surface area contributed by atoms with Crippen molar-refractivity contribution in [2.45, 2.75) is 32.4 Å². The van der Waals surface area contributed by atoms with Crippen molar-refractivity contribution in [3.05, 3.63) is 33.3 Å². The molecule has 1 unspecified atom stereocenters. The standard InChI is InChI=1S/C11H15ClN2O3/c1-7(15)11(2,3)13-9-6-4-5-8(12)10(9)14(16)17/h4-7,13,15H,1-3H3. The van der Waals surface area contributed by atoms with Crippen LogP contribution in [-0.2, 0) is 0 Å². The van der Waals surface area contributed by atoms with E-state index in [0.29, 0.717) is 5.69 Å². The molecule has 0 saturated heterocycles. The molecule has 94 valence electrons. The summed E-state index contributed by atoms with van der Waals surface area (Å²) in [4.78, 5) is 10.4. The van der Waals surface area contributed by atoms with Crippen LogP contribution in [0, 0.1) is 10.1 Å². The summed E-state index contributed by atoms with van der Waals surface area (Å²) in [5.74, 6) is 0. The first-order chi connectivity index (χ1) is 7.75. The molecule has 0 aliphatic carbocycles. The Bertz CT molecular complexity index is 433. The van der Waals surface area contributed by atoms with Gasteiger partial charge < -0.3 is 10.4 Å². The van der Waals surface area contributed by atoms with Crippen LogP contribution in [0.2, 0.25) is 5.02 Å². The Balaban J connectivity index is 3.15. The zero-order valence-corrected chi connectivity index (χ0v) is 10.7. The van der Waals surface area contributed by atoms with Crippen molar-refractivity contribution in [1.82, 2.24) is 0 Å². The Labute approximate surface area is 105 Å². The van der Waals surface area contributed by atoms with E-state index in [4.69, 9.17) is 11.6 Å². The van der Waals surface area contributed by atoms with Gasteiger partial charge in [-0.15, -0.1) is 0 Å². The highest BCUT2D eigenvalue weighted by Crippen LogP contribution is 2.34. The van der Waals surface area contributed by atoms with Crippen molar-refractivity contribution in [2.24, 2.45) is 0 Å². The molecule has 0 heterocycles. The molecule has 0 radical (unpaired) electrons. The fourth-order valence-electron chi connectivity index (χ4n) is 1.25. The average molecular weight is 259 g/mol. The maximum Gasteiger partial charge on any atom is 0.310 e. The van der Waals surface area contributed by atoms with Crippen LogP contribution in [0.25, 0.3) is 0 Å². The molecule has 1 atom stereocenters. The highest BCUT2D eigenvalue weighted by atomic mass is 35.5. The van der Waals surface area contributed by atoms with Crippen molar-refractivity contribution in [3.8, 4) is 0 Å². The molecule has 0 saturated carbocycles. The number of halogens is 1. The van der Waals surface area contributed by atoms with E-state index in [2.05, 4.69) is 5.32 Å². The third-order valence-corrected chi connectivity index (χ3v) is 2.98. The van der Waals surface area contributed by atoms with Gasteiger partial charge in [0.25, 0.3) is 0 Å². The van der Waals surface area contributed by atoms with Crippen LogP contribution in [0.15, 0.2) is 18.2 Å². The van der Waals surface area contributed by atoms with Gasteiger partial charge in [-0.25, -0.2) is 0 Å². The van der Waals surface area contributed by atoms with E-state index in [1.54, 1.807) is 32.9 Å². The van der Waals surface area contributed by atoms with E-state index in [-0.39, 0.29) is 10.7 Å². The smallest absolute Gasteiger partial charge is 0.310 e. The van der Waals surface area contributed by atoms with Gasteiger partial charge in [0, 0.05) is 0 Å². The van der Waals surface area contributed by atoms with Crippen molar-refractivity contribution in [3.63, 3.8) is 0 Å². The summed E-state index contributed by atoms with van der Waals surface area (Å²) in [6.07, 6.45) is -0.666. The van der Waals surface area contributed by atoms with E-state index < -0.39 is 16.6 Å². The van der Waals surface area contributed by atoms with E-state index in [0.717, 1.165) is 0 Å². The lowest BCUT2D eigenvalue weighted by molar-refractivity contribution is -0.383. The second kappa shape index (κ2) is 4.89. The predicted molar refractivity (Wildman–Crippen MR) is 67.5 cm³/mol. The number of aliphatic hydroxyl groups excluding tert-OH is 1. The van der Waals surface area contributed by atoms with Gasteiger partial charge >= 0.3 is 5.69 Å². The fraction of sp³-hybridized carbons (Fsp3) is 0.455. The van der Waals surface area contributed by atoms with Crippen LogP contribution in [0.3, 0.4) is 0 Å². The summed E-state index contributed by atoms with van der Waals surface area (Å²) in [6, 6.07) is 4.64. The molecule has 6 heteroatoms. The minimum absolute atomic E-state index is 0.0707. The van der Waals surface area contributed by atoms with Gasteiger partial charge in [0.2, 0.25) is 0 Å². The molecule has 2 N–H and O–H groups in total. The fourth-order valence-corrected chi connectivity index (χ4v) is 1.50. The minimum Gasteiger partial charge on any atom is -0.391 e. The van der Waals surface area contributed by atoms with Gasteiger partial charge in [-0.1, -0.05) is 17.7 Å². The number of hydrogen-bond donors (Lipinski definition) is 2. The number of benzene rings is 1. The monoisotopic (exact) mass is 258 g/mol. The number of nitrogens with one attached hydrogen (secondary N) is 1. The number of nitrogens with zero attached hydrogens (tertiary/aromatic N) is 1. The summed E-state index contributed by atoms with van der Waals surface area (Å²) in [6.45, 7) is 5.12. The van der Waals surface area contributed by atoms with Crippen molar-refractivity contribution in [1.29, 1.82) is 0 Å². The number of aliphatic hydroxyl groups is 1. The van der Waals surface area contributed by atoms with Crippen LogP contribution < -0.4 is 5.32 Å². The molecule has 1 aromatic carbocycles. The average Bonchev–Trinajstić information content (AvgIpc) is 2.15. The van der Waals surface area contributed by atoms with Crippen LogP contribution in [-0.4, -0.2) is 21.7 Å². The van der Waals surface area contributed by atoms with Gasteiger partial charge in [0.1, 0.15) is 10.7 Å². The number of anilines is 1. The first kappa shape index (κ1) is 13.7. The van der Waals surface area contributed by atoms with E-state index >= 15 is 0 Å². The summed E-state index contributed by atoms with van der Waals surface area (Å²) in [5.41, 5.74) is -0.564. The lowest BCUT2D eigenvalue weighted by Crippen LogP contribution is -2.42. The summed E-state index contributed by atoms with van der Waals surface area (Å²) in [7, 11) is 0. The van der Waals surface area contributed by atoms with Crippen LogP contribution in [0.1, 0.15) is 20.8 Å². The molecule has 1 rings (SSSR count). The van der Waals surface area contributed by atoms with Gasteiger partial charge in [0.15, 0.2) is 0 Å². The number of para-hydroxylation sites is 1. The molecule has 0 aromatic heterocycles. The zero-order chi connectivity index (χ0) is 13.2. The lowest BCUT2D eigenvalue weighted by atomic mass is 9.98. The largest absolute Gasteiger partial charge is 0.391 e. The molecule has 0 spiro atoms. The molecule has 0 fully saturated rings. The maximum absolute atomic E-state index is 10.9. The van der Waals surface area contributed by atoms with Gasteiger partial charge in [0.05, 0.1) is 16.6 Å². The Hall–Kier alpha value is -1.33. The lowest BCUT2D eigenvalue weighted by Gasteiger charge is -2.30. The summed E-state index contributed by atoms with van der Waals surface area (Å²) >= 11 is 5.79. The van der Waals surface area contributed by atoms with Crippen LogP contribution in [0.5, 0.6) is 0 Å². The topological polar surface area (TPSA) is 75.4 Å². The summed E-state index contributed by atoms with van der Waals surface area (Å²) in [5, 5.41) is 23.5.